The Morgan fingerprint density at radius 3 is 2.19 bits per heavy atom. The SMILES string of the molecule is O=C(O)C(O)Cc1ccc(C#CCCCOc2ccc(Oc3ccccc3)cc2)cc1. The van der Waals surface area contributed by atoms with Crippen LogP contribution in [0, 0.1) is 11.8 Å². The smallest absolute Gasteiger partial charge is 0.332 e. The second kappa shape index (κ2) is 11.4. The lowest BCUT2D eigenvalue weighted by Gasteiger charge is -2.08. The molecule has 0 fully saturated rings. The number of hydrogen-bond donors (Lipinski definition) is 2. The largest absolute Gasteiger partial charge is 0.494 e. The normalized spacial score (nSPS) is 11.1. The van der Waals surface area contributed by atoms with Gasteiger partial charge in [0.2, 0.25) is 0 Å². The molecule has 3 rings (SSSR count). The Balaban J connectivity index is 1.37. The number of aliphatic hydroxyl groups is 1. The van der Waals surface area contributed by atoms with E-state index in [1.165, 1.54) is 0 Å². The highest BCUT2D eigenvalue weighted by molar-refractivity contribution is 5.72. The molecular formula is C26H24O5. The minimum absolute atomic E-state index is 0.0831. The number of unbranched alkanes of at least 4 members (excludes halogenated alkanes) is 1. The number of hydrogen-bond acceptors (Lipinski definition) is 4. The van der Waals surface area contributed by atoms with Crippen LogP contribution in [0.1, 0.15) is 24.0 Å². The van der Waals surface area contributed by atoms with Crippen LogP contribution in [-0.2, 0) is 11.2 Å². The molecule has 5 heteroatoms. The van der Waals surface area contributed by atoms with Gasteiger partial charge in [-0.05, 0) is 60.5 Å². The third kappa shape index (κ3) is 7.54. The average Bonchev–Trinajstić information content (AvgIpc) is 2.79. The molecule has 31 heavy (non-hydrogen) atoms. The van der Waals surface area contributed by atoms with E-state index in [2.05, 4.69) is 11.8 Å². The van der Waals surface area contributed by atoms with E-state index in [9.17, 15) is 9.90 Å². The molecule has 0 aromatic heterocycles. The topological polar surface area (TPSA) is 76.0 Å². The highest BCUT2D eigenvalue weighted by atomic mass is 16.5. The van der Waals surface area contributed by atoms with E-state index in [0.29, 0.717) is 13.0 Å². The number of carboxylic acids is 1. The number of ether oxygens (including phenoxy) is 2. The van der Waals surface area contributed by atoms with Crippen LogP contribution in [0.4, 0.5) is 0 Å². The first-order valence-electron chi connectivity index (χ1n) is 10.0. The number of aliphatic hydroxyl groups excluding tert-OH is 1. The predicted octanol–water partition coefficient (Wildman–Crippen LogP) is 4.68. The molecule has 2 N–H and O–H groups in total. The molecule has 0 saturated heterocycles. The first-order valence-corrected chi connectivity index (χ1v) is 10.0. The van der Waals surface area contributed by atoms with Crippen LogP contribution >= 0.6 is 0 Å². The van der Waals surface area contributed by atoms with E-state index in [4.69, 9.17) is 14.6 Å². The maximum absolute atomic E-state index is 10.7. The summed E-state index contributed by atoms with van der Waals surface area (Å²) in [7, 11) is 0. The molecular weight excluding hydrogens is 392 g/mol. The van der Waals surface area contributed by atoms with Gasteiger partial charge in [0.25, 0.3) is 0 Å². The van der Waals surface area contributed by atoms with Gasteiger partial charge < -0.3 is 19.7 Å². The van der Waals surface area contributed by atoms with Gasteiger partial charge >= 0.3 is 5.97 Å². The lowest BCUT2D eigenvalue weighted by molar-refractivity contribution is -0.146. The summed E-state index contributed by atoms with van der Waals surface area (Å²) in [5, 5.41) is 18.1. The monoisotopic (exact) mass is 416 g/mol. The molecule has 3 aromatic rings. The molecule has 0 bridgehead atoms. The van der Waals surface area contributed by atoms with Crippen molar-refractivity contribution in [3.8, 4) is 29.1 Å². The van der Waals surface area contributed by atoms with Gasteiger partial charge in [-0.25, -0.2) is 4.79 Å². The molecule has 0 amide bonds. The quantitative estimate of drug-likeness (QED) is 0.391. The second-order valence-electron chi connectivity index (χ2n) is 6.90. The standard InChI is InChI=1S/C26H24O5/c27-25(26(28)29)19-21-12-10-20(11-13-21)7-3-2-6-18-30-22-14-16-24(17-15-22)31-23-8-4-1-5-9-23/h1,4-5,8-17,25,27H,2,6,18-19H2,(H,28,29). The lowest BCUT2D eigenvalue weighted by atomic mass is 10.1. The van der Waals surface area contributed by atoms with Gasteiger partial charge in [-0.1, -0.05) is 42.2 Å². The van der Waals surface area contributed by atoms with Gasteiger partial charge in [0.1, 0.15) is 17.2 Å². The van der Waals surface area contributed by atoms with Gasteiger partial charge in [-0.2, -0.15) is 0 Å². The van der Waals surface area contributed by atoms with Gasteiger partial charge in [-0.3, -0.25) is 0 Å². The number of carbonyl (C=O) groups is 1. The Hall–Kier alpha value is -3.75. The van der Waals surface area contributed by atoms with E-state index in [1.54, 1.807) is 12.1 Å². The van der Waals surface area contributed by atoms with Crippen molar-refractivity contribution in [2.45, 2.75) is 25.4 Å². The minimum atomic E-state index is -1.38. The summed E-state index contributed by atoms with van der Waals surface area (Å²) in [5.74, 6) is 7.30. The van der Waals surface area contributed by atoms with E-state index in [1.807, 2.05) is 66.7 Å². The summed E-state index contributed by atoms with van der Waals surface area (Å²) >= 11 is 0. The summed E-state index contributed by atoms with van der Waals surface area (Å²) in [6.07, 6.45) is 0.205. The molecule has 1 atom stereocenters. The Labute approximate surface area is 181 Å². The van der Waals surface area contributed by atoms with Crippen molar-refractivity contribution in [2.75, 3.05) is 6.61 Å². The number of rotatable bonds is 9. The fourth-order valence-corrected chi connectivity index (χ4v) is 2.78. The Morgan fingerprint density at radius 2 is 1.52 bits per heavy atom. The maximum Gasteiger partial charge on any atom is 0.332 e. The fourth-order valence-electron chi connectivity index (χ4n) is 2.78. The van der Waals surface area contributed by atoms with Crippen LogP contribution in [-0.4, -0.2) is 28.9 Å². The van der Waals surface area contributed by atoms with Crippen LogP contribution < -0.4 is 9.47 Å². The highest BCUT2D eigenvalue weighted by Crippen LogP contribution is 2.23. The van der Waals surface area contributed by atoms with Gasteiger partial charge in [0.15, 0.2) is 6.10 Å². The predicted molar refractivity (Wildman–Crippen MR) is 118 cm³/mol. The van der Waals surface area contributed by atoms with Crippen LogP contribution in [0.5, 0.6) is 17.2 Å². The number of para-hydroxylation sites is 1. The fraction of sp³-hybridized carbons (Fsp3) is 0.192. The molecule has 0 radical (unpaired) electrons. The van der Waals surface area contributed by atoms with E-state index in [-0.39, 0.29) is 6.42 Å². The van der Waals surface area contributed by atoms with Crippen molar-refractivity contribution >= 4 is 5.97 Å². The van der Waals surface area contributed by atoms with Crippen molar-refractivity contribution in [1.82, 2.24) is 0 Å². The second-order valence-corrected chi connectivity index (χ2v) is 6.90. The lowest BCUT2D eigenvalue weighted by Crippen LogP contribution is -2.21. The number of carboxylic acid groups (broad SMARTS) is 1. The molecule has 158 valence electrons. The number of benzene rings is 3. The molecule has 0 aliphatic heterocycles. The summed E-state index contributed by atoms with van der Waals surface area (Å²) in [5.41, 5.74) is 1.61. The molecule has 1 unspecified atom stereocenters. The third-order valence-electron chi connectivity index (χ3n) is 4.42. The van der Waals surface area contributed by atoms with E-state index in [0.717, 1.165) is 34.8 Å². The molecule has 0 aliphatic carbocycles. The minimum Gasteiger partial charge on any atom is -0.494 e. The molecule has 0 spiro atoms. The molecule has 0 heterocycles. The molecule has 5 nitrogen and oxygen atoms in total. The van der Waals surface area contributed by atoms with Crippen LogP contribution in [0.25, 0.3) is 0 Å². The molecule has 0 saturated carbocycles. The molecule has 0 aliphatic rings. The highest BCUT2D eigenvalue weighted by Gasteiger charge is 2.13. The summed E-state index contributed by atoms with van der Waals surface area (Å²) in [4.78, 5) is 10.7. The van der Waals surface area contributed by atoms with Gasteiger partial charge in [-0.15, -0.1) is 0 Å². The van der Waals surface area contributed by atoms with Gasteiger partial charge in [0.05, 0.1) is 6.61 Å². The summed E-state index contributed by atoms with van der Waals surface area (Å²) in [6, 6.07) is 24.3. The van der Waals surface area contributed by atoms with Crippen molar-refractivity contribution in [3.63, 3.8) is 0 Å². The zero-order valence-corrected chi connectivity index (χ0v) is 17.0. The first-order chi connectivity index (χ1) is 15.1. The van der Waals surface area contributed by atoms with Gasteiger partial charge in [0, 0.05) is 18.4 Å². The Morgan fingerprint density at radius 1 is 0.871 bits per heavy atom. The van der Waals surface area contributed by atoms with E-state index < -0.39 is 12.1 Å². The zero-order valence-electron chi connectivity index (χ0n) is 17.0. The van der Waals surface area contributed by atoms with Crippen LogP contribution in [0.15, 0.2) is 78.9 Å². The summed E-state index contributed by atoms with van der Waals surface area (Å²) in [6.45, 7) is 0.569. The van der Waals surface area contributed by atoms with Crippen LogP contribution in [0.3, 0.4) is 0 Å². The molecule has 3 aromatic carbocycles. The Bertz CT molecular complexity index is 1020. The van der Waals surface area contributed by atoms with Crippen molar-refractivity contribution < 1.29 is 24.5 Å². The number of aliphatic carboxylic acids is 1. The Kier molecular flexibility index (Phi) is 8.10. The average molecular weight is 416 g/mol. The summed E-state index contributed by atoms with van der Waals surface area (Å²) < 4.78 is 11.5. The van der Waals surface area contributed by atoms with Crippen molar-refractivity contribution in [2.24, 2.45) is 0 Å². The van der Waals surface area contributed by atoms with Crippen molar-refractivity contribution in [1.29, 1.82) is 0 Å². The van der Waals surface area contributed by atoms with E-state index >= 15 is 0 Å². The zero-order chi connectivity index (χ0) is 21.9. The van der Waals surface area contributed by atoms with Crippen LogP contribution in [0.2, 0.25) is 0 Å². The maximum atomic E-state index is 10.7. The first kappa shape index (κ1) is 21.9. The third-order valence-corrected chi connectivity index (χ3v) is 4.42. The van der Waals surface area contributed by atoms with Crippen molar-refractivity contribution in [3.05, 3.63) is 90.0 Å².